The topological polar surface area (TPSA) is 135 Å². The van der Waals surface area contributed by atoms with E-state index in [1.165, 1.54) is 17.3 Å². The van der Waals surface area contributed by atoms with Gasteiger partial charge in [-0.05, 0) is 45.0 Å². The summed E-state index contributed by atoms with van der Waals surface area (Å²) in [5, 5.41) is 8.20. The first-order chi connectivity index (χ1) is 18.9. The lowest BCUT2D eigenvalue weighted by atomic mass is 9.87. The van der Waals surface area contributed by atoms with Gasteiger partial charge < -0.3 is 25.0 Å². The van der Waals surface area contributed by atoms with Crippen molar-refractivity contribution in [3.8, 4) is 0 Å². The Labute approximate surface area is 226 Å². The van der Waals surface area contributed by atoms with Crippen molar-refractivity contribution >= 4 is 35.2 Å². The second kappa shape index (κ2) is 12.5. The highest BCUT2D eigenvalue weighted by molar-refractivity contribution is 6.12. The molecule has 204 valence electrons. The quantitative estimate of drug-likeness (QED) is 0.321. The smallest absolute Gasteiger partial charge is 0.320 e. The van der Waals surface area contributed by atoms with Gasteiger partial charge in [-0.3, -0.25) is 14.9 Å². The molecule has 0 fully saturated rings. The van der Waals surface area contributed by atoms with Crippen LogP contribution in [0.15, 0.2) is 67.0 Å². The first-order valence-electron chi connectivity index (χ1n) is 12.7. The van der Waals surface area contributed by atoms with E-state index in [0.29, 0.717) is 30.2 Å². The third kappa shape index (κ3) is 6.39. The van der Waals surface area contributed by atoms with Crippen molar-refractivity contribution in [2.45, 2.75) is 39.0 Å². The van der Waals surface area contributed by atoms with Gasteiger partial charge in [-0.15, -0.1) is 0 Å². The van der Waals surface area contributed by atoms with Gasteiger partial charge in [0, 0.05) is 36.9 Å². The minimum absolute atomic E-state index is 0.0734. The van der Waals surface area contributed by atoms with Gasteiger partial charge in [0.25, 0.3) is 5.91 Å². The molecule has 1 aromatic heterocycles. The van der Waals surface area contributed by atoms with Crippen LogP contribution >= 0.6 is 0 Å². The van der Waals surface area contributed by atoms with E-state index in [2.05, 4.69) is 25.9 Å². The second-order valence-corrected chi connectivity index (χ2v) is 8.92. The fourth-order valence-electron chi connectivity index (χ4n) is 4.48. The highest BCUT2D eigenvalue weighted by atomic mass is 16.7. The van der Waals surface area contributed by atoms with Gasteiger partial charge in [0.1, 0.15) is 0 Å². The van der Waals surface area contributed by atoms with E-state index in [9.17, 15) is 14.4 Å². The number of hydrogen-bond acceptors (Lipinski definition) is 7. The minimum Gasteiger partial charge on any atom is -0.351 e. The van der Waals surface area contributed by atoms with Crippen molar-refractivity contribution in [1.29, 1.82) is 0 Å². The van der Waals surface area contributed by atoms with Crippen LogP contribution in [0.2, 0.25) is 0 Å². The summed E-state index contributed by atoms with van der Waals surface area (Å²) >= 11 is 0. The average Bonchev–Trinajstić information content (AvgIpc) is 3.13. The molecular formula is C28H32N6O5. The molecule has 0 radical (unpaired) electrons. The molecule has 3 aromatic rings. The van der Waals surface area contributed by atoms with E-state index < -0.39 is 36.1 Å². The van der Waals surface area contributed by atoms with Crippen LogP contribution in [0.5, 0.6) is 0 Å². The van der Waals surface area contributed by atoms with Gasteiger partial charge in [-0.25, -0.2) is 14.8 Å². The summed E-state index contributed by atoms with van der Waals surface area (Å²) in [4.78, 5) is 50.3. The van der Waals surface area contributed by atoms with Gasteiger partial charge in [-0.2, -0.15) is 0 Å². The van der Waals surface area contributed by atoms with Crippen molar-refractivity contribution in [3.05, 3.63) is 78.1 Å². The van der Waals surface area contributed by atoms with Crippen molar-refractivity contribution in [2.75, 3.05) is 35.3 Å². The number of aromatic nitrogens is 2. The monoisotopic (exact) mass is 532 g/mol. The number of aryl methyl sites for hydroxylation is 1. The summed E-state index contributed by atoms with van der Waals surface area (Å²) in [6.45, 7) is 6.46. The molecule has 4 rings (SSSR count). The van der Waals surface area contributed by atoms with Gasteiger partial charge >= 0.3 is 6.03 Å². The van der Waals surface area contributed by atoms with E-state index in [-0.39, 0.29) is 12.5 Å². The van der Waals surface area contributed by atoms with Gasteiger partial charge in [-0.1, -0.05) is 35.9 Å². The number of nitrogens with one attached hydrogen (secondary N) is 3. The third-order valence-electron chi connectivity index (χ3n) is 6.18. The zero-order valence-corrected chi connectivity index (χ0v) is 22.1. The molecule has 0 spiro atoms. The lowest BCUT2D eigenvalue weighted by Crippen LogP contribution is -2.56. The molecular weight excluding hydrogens is 500 g/mol. The number of ether oxygens (including phenoxy) is 2. The first kappa shape index (κ1) is 27.7. The lowest BCUT2D eigenvalue weighted by molar-refractivity contribution is -0.138. The zero-order chi connectivity index (χ0) is 27.8. The summed E-state index contributed by atoms with van der Waals surface area (Å²) in [6, 6.07) is 15.2. The maximum Gasteiger partial charge on any atom is 0.320 e. The molecule has 1 atom stereocenters. The molecule has 0 aliphatic carbocycles. The first-order valence-corrected chi connectivity index (χ1v) is 12.7. The highest BCUT2D eigenvalue weighted by Gasteiger charge is 2.53. The average molecular weight is 533 g/mol. The number of anilines is 3. The maximum atomic E-state index is 14.2. The Kier molecular flexibility index (Phi) is 8.84. The molecule has 1 aliphatic heterocycles. The molecule has 39 heavy (non-hydrogen) atoms. The largest absolute Gasteiger partial charge is 0.351 e. The number of fused-ring (bicyclic) bond motifs is 1. The van der Waals surface area contributed by atoms with Crippen molar-refractivity contribution < 1.29 is 23.9 Å². The number of amides is 4. The van der Waals surface area contributed by atoms with Crippen molar-refractivity contribution in [3.63, 3.8) is 0 Å². The molecule has 0 saturated heterocycles. The number of hydrogen-bond donors (Lipinski definition) is 3. The zero-order valence-electron chi connectivity index (χ0n) is 22.1. The molecule has 11 nitrogen and oxygen atoms in total. The fraction of sp³-hybridized carbons (Fsp3) is 0.321. The van der Waals surface area contributed by atoms with Crippen molar-refractivity contribution in [1.82, 2.24) is 15.3 Å². The lowest BCUT2D eigenvalue weighted by Gasteiger charge is -2.30. The van der Waals surface area contributed by atoms with E-state index in [4.69, 9.17) is 9.47 Å². The molecule has 2 aromatic carbocycles. The SMILES string of the molecule is CCOC(CN1C(=O)C(CC(=O)Nc2ncccn2)(NC(=O)Nc2ccc(C)cc2)c2ccccc21)OCC. The number of nitrogens with zero attached hydrogens (tertiary/aromatic N) is 3. The Morgan fingerprint density at radius 1 is 0.949 bits per heavy atom. The van der Waals surface area contributed by atoms with Gasteiger partial charge in [0.15, 0.2) is 11.8 Å². The highest BCUT2D eigenvalue weighted by Crippen LogP contribution is 2.43. The fourth-order valence-corrected chi connectivity index (χ4v) is 4.48. The molecule has 0 saturated carbocycles. The van der Waals surface area contributed by atoms with E-state index in [0.717, 1.165) is 5.56 Å². The number of carbonyl (C=O) groups is 3. The van der Waals surface area contributed by atoms with E-state index in [1.54, 1.807) is 42.5 Å². The molecule has 3 N–H and O–H groups in total. The molecule has 11 heteroatoms. The van der Waals surface area contributed by atoms with Crippen molar-refractivity contribution in [2.24, 2.45) is 0 Å². The predicted molar refractivity (Wildman–Crippen MR) is 146 cm³/mol. The van der Waals surface area contributed by atoms with Crippen LogP contribution in [0.25, 0.3) is 0 Å². The number of carbonyl (C=O) groups excluding carboxylic acids is 3. The summed E-state index contributed by atoms with van der Waals surface area (Å²) < 4.78 is 11.4. The Morgan fingerprint density at radius 2 is 1.62 bits per heavy atom. The second-order valence-electron chi connectivity index (χ2n) is 8.92. The Bertz CT molecular complexity index is 1300. The van der Waals surface area contributed by atoms with E-state index >= 15 is 0 Å². The Balaban J connectivity index is 1.69. The molecule has 1 unspecified atom stereocenters. The maximum absolute atomic E-state index is 14.2. The third-order valence-corrected chi connectivity index (χ3v) is 6.18. The summed E-state index contributed by atoms with van der Waals surface area (Å²) in [7, 11) is 0. The van der Waals surface area contributed by atoms with Gasteiger partial charge in [0.2, 0.25) is 11.9 Å². The Morgan fingerprint density at radius 3 is 2.28 bits per heavy atom. The molecule has 0 bridgehead atoms. The van der Waals surface area contributed by atoms with Crippen LogP contribution in [0, 0.1) is 6.92 Å². The summed E-state index contributed by atoms with van der Waals surface area (Å²) in [5.41, 5.74) is 0.883. The normalized spacial score (nSPS) is 16.2. The van der Waals surface area contributed by atoms with Crippen LogP contribution < -0.4 is 20.9 Å². The molecule has 2 heterocycles. The Hall–Kier alpha value is -4.35. The number of benzene rings is 2. The van der Waals surface area contributed by atoms with E-state index in [1.807, 2.05) is 32.9 Å². The molecule has 4 amide bonds. The number of urea groups is 1. The van der Waals surface area contributed by atoms with Crippen LogP contribution in [-0.2, 0) is 24.6 Å². The van der Waals surface area contributed by atoms with Crippen LogP contribution in [0.1, 0.15) is 31.4 Å². The van der Waals surface area contributed by atoms with Crippen LogP contribution in [0.4, 0.5) is 22.1 Å². The summed E-state index contributed by atoms with van der Waals surface area (Å²) in [6.07, 6.45) is 1.89. The number of rotatable bonds is 11. The van der Waals surface area contributed by atoms with Crippen LogP contribution in [-0.4, -0.2) is 53.9 Å². The minimum atomic E-state index is -1.72. The summed E-state index contributed by atoms with van der Waals surface area (Å²) in [5.74, 6) is -0.950. The molecule has 1 aliphatic rings. The predicted octanol–water partition coefficient (Wildman–Crippen LogP) is 3.58. The standard InChI is InChI=1S/C28H32N6O5/c1-4-38-24(39-5-2)18-34-22-10-7-6-9-21(22)28(25(34)36,17-23(35)32-26-29-15-8-16-30-26)33-27(37)31-20-13-11-19(3)12-14-20/h6-16,24H,4-5,17-18H2,1-3H3,(H2,31,33,37)(H,29,30,32,35). The van der Waals surface area contributed by atoms with Crippen LogP contribution in [0.3, 0.4) is 0 Å². The van der Waals surface area contributed by atoms with Gasteiger partial charge in [0.05, 0.1) is 18.7 Å². The number of para-hydroxylation sites is 1.